The molecule has 2 aromatic rings. The number of halogens is 3. The van der Waals surface area contributed by atoms with Gasteiger partial charge in [0, 0.05) is 45.1 Å². The van der Waals surface area contributed by atoms with Gasteiger partial charge in [-0.3, -0.25) is 4.21 Å². The van der Waals surface area contributed by atoms with Crippen molar-refractivity contribution < 1.29 is 22.5 Å². The number of fused-ring (bicyclic) bond motifs is 3. The highest BCUT2D eigenvalue weighted by molar-refractivity contribution is 7.84. The molecule has 1 saturated carbocycles. The molecule has 0 aromatic heterocycles. The first-order valence-corrected chi connectivity index (χ1v) is 14.1. The van der Waals surface area contributed by atoms with Crippen LogP contribution in [0.1, 0.15) is 69.6 Å². The maximum atomic E-state index is 13.7. The van der Waals surface area contributed by atoms with Gasteiger partial charge in [0.1, 0.15) is 0 Å². The molecule has 2 aliphatic carbocycles. The van der Waals surface area contributed by atoms with E-state index in [2.05, 4.69) is 23.4 Å². The summed E-state index contributed by atoms with van der Waals surface area (Å²) in [5, 5.41) is 21.8. The lowest BCUT2D eigenvalue weighted by Gasteiger charge is -2.50. The van der Waals surface area contributed by atoms with Crippen molar-refractivity contribution in [3.8, 4) is 0 Å². The molecule has 4 rings (SSSR count). The van der Waals surface area contributed by atoms with Crippen molar-refractivity contribution in [3.63, 3.8) is 0 Å². The highest BCUT2D eigenvalue weighted by atomic mass is 32.2. The second kappa shape index (κ2) is 12.2. The largest absolute Gasteiger partial charge is 0.417 e. The Balaban J connectivity index is 0.00000157. The van der Waals surface area contributed by atoms with Gasteiger partial charge in [-0.1, -0.05) is 26.6 Å². The average molecular weight is 555 g/mol. The summed E-state index contributed by atoms with van der Waals surface area (Å²) >= 11 is 3.83. The summed E-state index contributed by atoms with van der Waals surface area (Å²) in [6.07, 6.45) is 0.813. The number of hydrogen-bond acceptors (Lipinski definition) is 5. The Kier molecular flexibility index (Phi) is 10.2. The molecule has 0 amide bonds. The molecular weight excluding hydrogens is 517 g/mol. The van der Waals surface area contributed by atoms with Crippen molar-refractivity contribution in [1.29, 1.82) is 5.41 Å². The Bertz CT molecular complexity index is 1120. The number of aliphatic hydroxyl groups is 1. The van der Waals surface area contributed by atoms with Crippen molar-refractivity contribution >= 4 is 46.5 Å². The highest BCUT2D eigenvalue weighted by Gasteiger charge is 2.60. The first-order valence-electron chi connectivity index (χ1n) is 12.0. The Morgan fingerprint density at radius 2 is 1.89 bits per heavy atom. The molecule has 4 atom stereocenters. The van der Waals surface area contributed by atoms with Gasteiger partial charge in [0.2, 0.25) is 0 Å². The molecule has 2 aromatic carbocycles. The monoisotopic (exact) mass is 554 g/mol. The fourth-order valence-electron chi connectivity index (χ4n) is 5.97. The van der Waals surface area contributed by atoms with E-state index in [9.17, 15) is 22.5 Å². The van der Waals surface area contributed by atoms with Crippen LogP contribution in [-0.4, -0.2) is 39.4 Å². The predicted octanol–water partition coefficient (Wildman–Crippen LogP) is 7.49. The van der Waals surface area contributed by atoms with Crippen LogP contribution in [0, 0.1) is 11.3 Å². The second-order valence-corrected chi connectivity index (χ2v) is 11.1. The van der Waals surface area contributed by atoms with E-state index >= 15 is 0 Å². The first kappa shape index (κ1) is 31.1. The van der Waals surface area contributed by atoms with Crippen molar-refractivity contribution in [2.24, 2.45) is 5.92 Å². The summed E-state index contributed by atoms with van der Waals surface area (Å²) in [6, 6.07) is 11.3. The number of nitrogens with one attached hydrogen (secondary N) is 2. The average Bonchev–Trinajstić information content (AvgIpc) is 3.00. The summed E-state index contributed by atoms with van der Waals surface area (Å²) in [5.74, 6) is 2.57. The fourth-order valence-corrected chi connectivity index (χ4v) is 6.49. The van der Waals surface area contributed by atoms with Gasteiger partial charge in [-0.25, -0.2) is 0 Å². The molecule has 3 N–H and O–H groups in total. The van der Waals surface area contributed by atoms with Crippen LogP contribution in [0.25, 0.3) is 0 Å². The minimum Gasteiger partial charge on any atom is -0.380 e. The number of benzene rings is 2. The van der Waals surface area contributed by atoms with E-state index in [1.54, 1.807) is 18.4 Å². The molecule has 0 spiro atoms. The van der Waals surface area contributed by atoms with Gasteiger partial charge in [0.05, 0.1) is 0 Å². The third-order valence-corrected chi connectivity index (χ3v) is 8.88. The van der Waals surface area contributed by atoms with Gasteiger partial charge >= 0.3 is 6.18 Å². The molecule has 0 heterocycles. The van der Waals surface area contributed by atoms with E-state index < -0.39 is 28.0 Å². The summed E-state index contributed by atoms with van der Waals surface area (Å²) < 4.78 is 52.6. The van der Waals surface area contributed by atoms with Crippen LogP contribution in [-0.2, 0) is 22.6 Å². The van der Waals surface area contributed by atoms with E-state index in [-0.39, 0.29) is 32.6 Å². The van der Waals surface area contributed by atoms with Crippen LogP contribution in [0.3, 0.4) is 0 Å². The maximum absolute atomic E-state index is 13.7. The minimum atomic E-state index is -4.63. The number of rotatable bonds is 5. The van der Waals surface area contributed by atoms with Crippen LogP contribution in [0.15, 0.2) is 41.3 Å². The standard InChI is InChI=1S/C26H31F3N2O2S.CH2S.CH4/c1-3-24-11-12-25(32,26(27,28)29)15-19(24)6-4-5-17-14-23(18(16-30)13-22(17)24)31-20-7-9-21(10-8-20)34(2)33;1-2;/h7-10,13-14,16,19,30-32H,3-6,11-12,15H2,1-2H3;1H2;1H4/t19?,24?,25-,34?;;/m1../s1. The first-order chi connectivity index (χ1) is 17.0. The van der Waals surface area contributed by atoms with E-state index in [4.69, 9.17) is 5.41 Å². The Morgan fingerprint density at radius 1 is 1.24 bits per heavy atom. The van der Waals surface area contributed by atoms with E-state index in [0.29, 0.717) is 18.4 Å². The summed E-state index contributed by atoms with van der Waals surface area (Å²) in [7, 11) is -1.07. The smallest absolute Gasteiger partial charge is 0.380 e. The zero-order chi connectivity index (χ0) is 26.7. The Labute approximate surface area is 226 Å². The van der Waals surface area contributed by atoms with Gasteiger partial charge in [0.25, 0.3) is 0 Å². The lowest BCUT2D eigenvalue weighted by atomic mass is 9.56. The normalized spacial score (nSPS) is 25.6. The SMILES string of the molecule is C.C=S.CCC12CC[C@](O)(C(F)(F)F)CC1CCCc1cc(Nc3ccc(S(C)=O)cc3)c(C=N)cc12. The third kappa shape index (κ3) is 5.99. The van der Waals surface area contributed by atoms with Gasteiger partial charge in [-0.05, 0) is 110 Å². The molecule has 0 saturated heterocycles. The number of thiocarbonyl (C=S) groups is 1. The molecule has 4 nitrogen and oxygen atoms in total. The van der Waals surface area contributed by atoms with Gasteiger partial charge in [-0.15, -0.1) is 0 Å². The second-order valence-electron chi connectivity index (χ2n) is 9.68. The van der Waals surface area contributed by atoms with Crippen molar-refractivity contribution in [2.75, 3.05) is 11.6 Å². The van der Waals surface area contributed by atoms with E-state index in [1.807, 2.05) is 31.2 Å². The molecule has 0 bridgehead atoms. The summed E-state index contributed by atoms with van der Waals surface area (Å²) in [6.45, 7) is 2.02. The van der Waals surface area contributed by atoms with Crippen LogP contribution >= 0.6 is 12.2 Å². The molecule has 1 fully saturated rings. The van der Waals surface area contributed by atoms with Crippen LogP contribution in [0.2, 0.25) is 0 Å². The number of hydrogen-bond donors (Lipinski definition) is 3. The zero-order valence-corrected chi connectivity index (χ0v) is 22.2. The quantitative estimate of drug-likeness (QED) is 0.264. The molecule has 2 aliphatic rings. The Hall–Kier alpha value is -2.10. The lowest BCUT2D eigenvalue weighted by molar-refractivity contribution is -0.279. The Morgan fingerprint density at radius 3 is 2.43 bits per heavy atom. The number of alkyl halides is 3. The third-order valence-electron chi connectivity index (χ3n) is 7.94. The van der Waals surface area contributed by atoms with Crippen LogP contribution in [0.4, 0.5) is 24.5 Å². The molecule has 204 valence electrons. The molecule has 37 heavy (non-hydrogen) atoms. The predicted molar refractivity (Wildman–Crippen MR) is 151 cm³/mol. The highest BCUT2D eigenvalue weighted by Crippen LogP contribution is 2.57. The molecule has 0 aliphatic heterocycles. The number of anilines is 2. The van der Waals surface area contributed by atoms with Crippen LogP contribution in [0.5, 0.6) is 0 Å². The summed E-state index contributed by atoms with van der Waals surface area (Å²) in [4.78, 5) is 0.729. The van der Waals surface area contributed by atoms with Gasteiger partial charge < -0.3 is 15.8 Å². The molecular formula is C28H37F3N2O2S2. The van der Waals surface area contributed by atoms with Crippen molar-refractivity contribution in [2.45, 2.75) is 81.4 Å². The van der Waals surface area contributed by atoms with E-state index in [1.165, 1.54) is 6.21 Å². The molecule has 3 unspecified atom stereocenters. The zero-order valence-electron chi connectivity index (χ0n) is 20.6. The van der Waals surface area contributed by atoms with E-state index in [0.717, 1.165) is 40.2 Å². The summed E-state index contributed by atoms with van der Waals surface area (Å²) in [5.41, 5.74) is 1.32. The van der Waals surface area contributed by atoms with Crippen LogP contribution < -0.4 is 5.32 Å². The van der Waals surface area contributed by atoms with Gasteiger partial charge in [0.15, 0.2) is 5.60 Å². The molecule has 9 heteroatoms. The van der Waals surface area contributed by atoms with Crippen molar-refractivity contribution in [1.82, 2.24) is 0 Å². The van der Waals surface area contributed by atoms with Crippen molar-refractivity contribution in [3.05, 3.63) is 53.1 Å². The minimum absolute atomic E-state index is 0. The molecule has 0 radical (unpaired) electrons. The number of aryl methyl sites for hydroxylation is 1. The topological polar surface area (TPSA) is 73.2 Å². The lowest BCUT2D eigenvalue weighted by Crippen LogP contribution is -2.54. The maximum Gasteiger partial charge on any atom is 0.417 e. The van der Waals surface area contributed by atoms with Gasteiger partial charge in [-0.2, -0.15) is 13.2 Å². The fraction of sp³-hybridized carbons (Fsp3) is 0.500.